The van der Waals surface area contributed by atoms with E-state index in [0.29, 0.717) is 66.9 Å². The summed E-state index contributed by atoms with van der Waals surface area (Å²) in [5.41, 5.74) is 0.141. The molecule has 0 radical (unpaired) electrons. The van der Waals surface area contributed by atoms with Crippen molar-refractivity contribution < 1.29 is 19.0 Å². The molecular formula is C21H30N4O5. The highest BCUT2D eigenvalue weighted by Crippen LogP contribution is 2.41. The van der Waals surface area contributed by atoms with Gasteiger partial charge in [0.25, 0.3) is 5.56 Å². The second-order valence-electron chi connectivity index (χ2n) is 7.73. The van der Waals surface area contributed by atoms with Crippen molar-refractivity contribution in [2.45, 2.75) is 26.7 Å². The van der Waals surface area contributed by atoms with Gasteiger partial charge in [-0.2, -0.15) is 4.98 Å². The van der Waals surface area contributed by atoms with E-state index in [1.165, 1.54) is 21.3 Å². The molecule has 1 saturated heterocycles. The van der Waals surface area contributed by atoms with Crippen LogP contribution in [0, 0.1) is 5.92 Å². The minimum absolute atomic E-state index is 0.185. The van der Waals surface area contributed by atoms with Gasteiger partial charge in [0.05, 0.1) is 26.8 Å². The fraction of sp³-hybridized carbons (Fsp3) is 0.571. The fourth-order valence-corrected chi connectivity index (χ4v) is 3.66. The second kappa shape index (κ2) is 9.23. The van der Waals surface area contributed by atoms with Crippen LogP contribution in [0.4, 0.5) is 5.95 Å². The van der Waals surface area contributed by atoms with Gasteiger partial charge < -0.3 is 29.0 Å². The number of H-pyrrole nitrogens is 1. The molecule has 9 nitrogen and oxygen atoms in total. The minimum atomic E-state index is -0.410. The maximum absolute atomic E-state index is 12.8. The van der Waals surface area contributed by atoms with Crippen LogP contribution in [-0.2, 0) is 4.79 Å². The molecule has 1 aliphatic rings. The molecule has 1 amide bonds. The average molecular weight is 418 g/mol. The Balaban J connectivity index is 1.84. The Labute approximate surface area is 175 Å². The maximum Gasteiger partial charge on any atom is 0.286 e. The van der Waals surface area contributed by atoms with Gasteiger partial charge in [-0.05, 0) is 12.3 Å². The molecule has 1 fully saturated rings. The number of benzene rings is 1. The zero-order valence-corrected chi connectivity index (χ0v) is 18.3. The largest absolute Gasteiger partial charge is 0.493 e. The van der Waals surface area contributed by atoms with Crippen molar-refractivity contribution in [2.75, 3.05) is 52.4 Å². The smallest absolute Gasteiger partial charge is 0.286 e. The summed E-state index contributed by atoms with van der Waals surface area (Å²) in [6.07, 6.45) is 1.47. The van der Waals surface area contributed by atoms with Crippen molar-refractivity contribution in [3.05, 3.63) is 16.4 Å². The van der Waals surface area contributed by atoms with Crippen molar-refractivity contribution in [1.82, 2.24) is 14.9 Å². The topological polar surface area (TPSA) is 97.0 Å². The van der Waals surface area contributed by atoms with E-state index in [-0.39, 0.29) is 11.7 Å². The van der Waals surface area contributed by atoms with Crippen molar-refractivity contribution in [3.8, 4) is 17.2 Å². The number of ether oxygens (including phenoxy) is 3. The Morgan fingerprint density at radius 2 is 1.77 bits per heavy atom. The van der Waals surface area contributed by atoms with Gasteiger partial charge in [0.2, 0.25) is 17.6 Å². The first-order valence-corrected chi connectivity index (χ1v) is 10.1. The molecule has 1 N–H and O–H groups in total. The summed E-state index contributed by atoms with van der Waals surface area (Å²) >= 11 is 0. The minimum Gasteiger partial charge on any atom is -0.493 e. The lowest BCUT2D eigenvalue weighted by Gasteiger charge is -2.35. The zero-order valence-electron chi connectivity index (χ0n) is 18.3. The van der Waals surface area contributed by atoms with Crippen LogP contribution in [0.2, 0.25) is 0 Å². The molecule has 2 heterocycles. The number of nitrogens with one attached hydrogen (secondary N) is 1. The van der Waals surface area contributed by atoms with E-state index in [1.54, 1.807) is 6.07 Å². The first kappa shape index (κ1) is 21.7. The molecule has 3 rings (SSSR count). The molecule has 1 aliphatic heterocycles. The van der Waals surface area contributed by atoms with Gasteiger partial charge in [0.15, 0.2) is 11.5 Å². The number of piperazine rings is 1. The number of amides is 1. The Morgan fingerprint density at radius 1 is 1.10 bits per heavy atom. The average Bonchev–Trinajstić information content (AvgIpc) is 2.75. The van der Waals surface area contributed by atoms with Crippen LogP contribution in [0.15, 0.2) is 10.9 Å². The summed E-state index contributed by atoms with van der Waals surface area (Å²) in [7, 11) is 4.49. The van der Waals surface area contributed by atoms with Gasteiger partial charge in [0.1, 0.15) is 5.39 Å². The molecule has 0 unspecified atom stereocenters. The van der Waals surface area contributed by atoms with Gasteiger partial charge in [0, 0.05) is 38.7 Å². The molecule has 2 aromatic rings. The molecule has 0 saturated carbocycles. The van der Waals surface area contributed by atoms with E-state index in [4.69, 9.17) is 14.2 Å². The van der Waals surface area contributed by atoms with Crippen LogP contribution in [0.1, 0.15) is 26.7 Å². The molecule has 30 heavy (non-hydrogen) atoms. The van der Waals surface area contributed by atoms with Crippen molar-refractivity contribution in [3.63, 3.8) is 0 Å². The van der Waals surface area contributed by atoms with E-state index >= 15 is 0 Å². The quantitative estimate of drug-likeness (QED) is 0.735. The van der Waals surface area contributed by atoms with Crippen molar-refractivity contribution in [1.29, 1.82) is 0 Å². The van der Waals surface area contributed by atoms with Crippen LogP contribution in [0.5, 0.6) is 17.2 Å². The van der Waals surface area contributed by atoms with Gasteiger partial charge in [-0.1, -0.05) is 13.8 Å². The van der Waals surface area contributed by atoms with Crippen LogP contribution in [-0.4, -0.2) is 68.3 Å². The molecular weight excluding hydrogens is 388 g/mol. The summed E-state index contributed by atoms with van der Waals surface area (Å²) in [6.45, 7) is 6.65. The third kappa shape index (κ3) is 4.29. The summed E-state index contributed by atoms with van der Waals surface area (Å²) in [6, 6.07) is 1.70. The van der Waals surface area contributed by atoms with Gasteiger partial charge in [-0.15, -0.1) is 0 Å². The highest BCUT2D eigenvalue weighted by Gasteiger charge is 2.25. The first-order chi connectivity index (χ1) is 14.4. The number of carbonyl (C=O) groups is 1. The number of rotatable bonds is 7. The molecule has 0 bridgehead atoms. The highest BCUT2D eigenvalue weighted by atomic mass is 16.5. The third-order valence-electron chi connectivity index (χ3n) is 5.37. The molecule has 9 heteroatoms. The van der Waals surface area contributed by atoms with Gasteiger partial charge in [-0.3, -0.25) is 9.59 Å². The lowest BCUT2D eigenvalue weighted by Crippen LogP contribution is -2.49. The van der Waals surface area contributed by atoms with E-state index in [1.807, 2.05) is 9.80 Å². The number of aromatic amines is 1. The SMILES string of the molecule is COc1cc2[nH]c(N3CCN(C(=O)CCC(C)C)CC3)nc(=O)c2c(OC)c1OC. The standard InChI is InChI=1S/C21H30N4O5/c1-13(2)6-7-16(26)24-8-10-25(11-9-24)21-22-14-12-15(28-3)18(29-4)19(30-5)17(14)20(27)23-21/h12-13H,6-11H2,1-5H3,(H,22,23,27). The highest BCUT2D eigenvalue weighted by molar-refractivity contribution is 5.90. The molecule has 0 atom stereocenters. The summed E-state index contributed by atoms with van der Waals surface area (Å²) in [4.78, 5) is 36.5. The summed E-state index contributed by atoms with van der Waals surface area (Å²) < 4.78 is 16.2. The molecule has 164 valence electrons. The number of anilines is 1. The predicted molar refractivity (Wildman–Crippen MR) is 115 cm³/mol. The number of methoxy groups -OCH3 is 3. The van der Waals surface area contributed by atoms with Gasteiger partial charge >= 0.3 is 0 Å². The Hall–Kier alpha value is -2.97. The number of carbonyl (C=O) groups excluding carboxylic acids is 1. The summed E-state index contributed by atoms with van der Waals surface area (Å²) in [5, 5.41) is 0.307. The number of nitrogens with zero attached hydrogens (tertiary/aromatic N) is 3. The number of aromatic nitrogens is 2. The number of hydrogen-bond acceptors (Lipinski definition) is 7. The lowest BCUT2D eigenvalue weighted by molar-refractivity contribution is -0.131. The first-order valence-electron chi connectivity index (χ1n) is 10.1. The fourth-order valence-electron chi connectivity index (χ4n) is 3.66. The zero-order chi connectivity index (χ0) is 21.8. The van der Waals surface area contributed by atoms with Crippen molar-refractivity contribution >= 4 is 22.8 Å². The van der Waals surface area contributed by atoms with E-state index in [9.17, 15) is 9.59 Å². The second-order valence-corrected chi connectivity index (χ2v) is 7.73. The molecule has 0 spiro atoms. The summed E-state index contributed by atoms with van der Waals surface area (Å²) in [5.74, 6) is 2.25. The van der Waals surface area contributed by atoms with Crippen LogP contribution >= 0.6 is 0 Å². The van der Waals surface area contributed by atoms with Crippen LogP contribution in [0.25, 0.3) is 10.9 Å². The van der Waals surface area contributed by atoms with Crippen LogP contribution < -0.4 is 24.7 Å². The van der Waals surface area contributed by atoms with E-state index in [2.05, 4.69) is 23.8 Å². The predicted octanol–water partition coefficient (Wildman–Crippen LogP) is 2.03. The monoisotopic (exact) mass is 418 g/mol. The molecule has 1 aromatic carbocycles. The lowest BCUT2D eigenvalue weighted by atomic mass is 10.1. The number of fused-ring (bicyclic) bond motifs is 1. The van der Waals surface area contributed by atoms with E-state index in [0.717, 1.165) is 6.42 Å². The van der Waals surface area contributed by atoms with Gasteiger partial charge in [-0.25, -0.2) is 0 Å². The number of hydrogen-bond donors (Lipinski definition) is 1. The van der Waals surface area contributed by atoms with E-state index < -0.39 is 5.56 Å². The normalized spacial score (nSPS) is 14.3. The molecule has 1 aromatic heterocycles. The Morgan fingerprint density at radius 3 is 2.33 bits per heavy atom. The maximum atomic E-state index is 12.8. The van der Waals surface area contributed by atoms with Crippen molar-refractivity contribution in [2.24, 2.45) is 5.92 Å². The Bertz CT molecular complexity index is 964. The Kier molecular flexibility index (Phi) is 6.69. The third-order valence-corrected chi connectivity index (χ3v) is 5.37. The molecule has 0 aliphatic carbocycles. The van der Waals surface area contributed by atoms with Crippen LogP contribution in [0.3, 0.4) is 0 Å².